The van der Waals surface area contributed by atoms with Crippen LogP contribution in [0, 0.1) is 0 Å². The number of aliphatic hydroxyl groups is 3. The van der Waals surface area contributed by atoms with Gasteiger partial charge in [-0.25, -0.2) is 36.4 Å². The van der Waals surface area contributed by atoms with Crippen molar-refractivity contribution < 1.29 is 80.0 Å². The summed E-state index contributed by atoms with van der Waals surface area (Å²) in [4.78, 5) is 49.1. The van der Waals surface area contributed by atoms with Gasteiger partial charge in [-0.05, 0) is 24.3 Å². The van der Waals surface area contributed by atoms with E-state index in [9.17, 15) is 47.4 Å². The summed E-state index contributed by atoms with van der Waals surface area (Å²) in [6, 6.07) is 6.11. The van der Waals surface area contributed by atoms with Gasteiger partial charge in [-0.15, -0.1) is 0 Å². The minimum absolute atomic E-state index is 0. The Hall–Kier alpha value is -3.09. The molecule has 0 spiro atoms. The molecule has 11 atom stereocenters. The number of halogens is 2. The van der Waals surface area contributed by atoms with Gasteiger partial charge in [-0.3, -0.25) is 13.7 Å². The van der Waals surface area contributed by atoms with Gasteiger partial charge >= 0.3 is 0 Å². The highest BCUT2D eigenvalue weighted by molar-refractivity contribution is 7.65. The number of rotatable bonds is 10. The number of nitrogens with two attached hydrogens (primary N) is 2. The molecule has 2 aliphatic heterocycles. The second kappa shape index (κ2) is 15.5. The Morgan fingerprint density at radius 2 is 1.25 bits per heavy atom. The summed E-state index contributed by atoms with van der Waals surface area (Å²) in [5, 5.41) is 36.5. The van der Waals surface area contributed by atoms with E-state index in [1.807, 2.05) is 0 Å². The lowest BCUT2D eigenvalue weighted by atomic mass is 10.1. The number of alkyl halides is 2. The Labute approximate surface area is 284 Å². The predicted octanol–water partition coefficient (Wildman–Crippen LogP) is -2.02. The SMILES string of the molecule is C.Nc1ncnn2c([C@@H]3O[C@H](CO)[C@@H](O)[C@H]3F)ccc12.Nc1ncnn2c([C@@H]3O[C@H](COP(=O)([O-])OP(=O)([O-])OP(=O)([O-])O)[C@@H](O)[C@H]3F)ccc12. The van der Waals surface area contributed by atoms with Crippen LogP contribution in [-0.4, -0.2) is 99.4 Å². The molecular weight excluding hydrogens is 759 g/mol. The van der Waals surface area contributed by atoms with Gasteiger partial charge in [-0.1, -0.05) is 7.43 Å². The van der Waals surface area contributed by atoms with Gasteiger partial charge in [0.15, 0.2) is 24.0 Å². The first-order valence-electron chi connectivity index (χ1n) is 13.8. The summed E-state index contributed by atoms with van der Waals surface area (Å²) < 4.78 is 85.8. The molecule has 8 N–H and O–H groups in total. The van der Waals surface area contributed by atoms with Gasteiger partial charge in [0.25, 0.3) is 23.5 Å². The minimum atomic E-state index is -6.09. The van der Waals surface area contributed by atoms with Crippen LogP contribution in [0.3, 0.4) is 0 Å². The maximum absolute atomic E-state index is 14.6. The van der Waals surface area contributed by atoms with Crippen LogP contribution in [0.5, 0.6) is 0 Å². The molecule has 284 valence electrons. The number of anilines is 2. The standard InChI is InChI=1S/C11H16FN4O12P3.C11H13FN4O3.CH4/c12-8-9(17)7(3-25-30(21,22)28-31(23,24)27-29(18,19)20)26-10(8)5-1-2-6-11(13)14-4-15-16(5)6;12-8-9(18)7(3-17)19-10(8)5-1-2-6-11(13)14-4-15-16(5)6;/h1-2,4,7-10,17H,3H2,(H,21,22)(H,23,24)(H2,13,14,15)(H2,18,19,20);1-2,4,7-10,17-18H,3H2,(H2,13,14,15);1H4/p-3/t2*7-,8-,9-,10+;/m11./s1. The number of nitrogens with zero attached hydrogens (tertiary/aromatic N) is 6. The zero-order valence-corrected chi connectivity index (χ0v) is 27.4. The second-order valence-electron chi connectivity index (χ2n) is 10.5. The average Bonchev–Trinajstić information content (AvgIpc) is 3.77. The van der Waals surface area contributed by atoms with Crippen molar-refractivity contribution in [2.45, 2.75) is 56.4 Å². The molecule has 2 aliphatic rings. The van der Waals surface area contributed by atoms with E-state index in [0.29, 0.717) is 16.7 Å². The Balaban J connectivity index is 0.000000249. The lowest BCUT2D eigenvalue weighted by Gasteiger charge is -2.33. The Kier molecular flexibility index (Phi) is 12.3. The first kappa shape index (κ1) is 40.7. The van der Waals surface area contributed by atoms with Gasteiger partial charge in [-0.2, -0.15) is 10.2 Å². The van der Waals surface area contributed by atoms with Gasteiger partial charge in [0.1, 0.15) is 60.3 Å². The monoisotopic (exact) mass is 789 g/mol. The van der Waals surface area contributed by atoms with Crippen LogP contribution >= 0.6 is 23.5 Å². The summed E-state index contributed by atoms with van der Waals surface area (Å²) in [6.07, 6.45) is -9.64. The topological polar surface area (TPSA) is 360 Å². The van der Waals surface area contributed by atoms with Crippen LogP contribution in [-0.2, 0) is 36.3 Å². The van der Waals surface area contributed by atoms with Crippen LogP contribution < -0.4 is 26.1 Å². The molecule has 0 radical (unpaired) electrons. The molecule has 6 heterocycles. The smallest absolute Gasteiger partial charge is 0.280 e. The molecule has 23 nitrogen and oxygen atoms in total. The number of phosphoric acid groups is 3. The zero-order valence-electron chi connectivity index (χ0n) is 24.7. The second-order valence-corrected chi connectivity index (χ2v) is 14.8. The third kappa shape index (κ3) is 8.93. The number of phosphoric ester groups is 1. The molecule has 2 fully saturated rings. The number of fused-ring (bicyclic) bond motifs is 2. The number of hydrogen-bond donors (Lipinski definition) is 6. The quantitative estimate of drug-likeness (QED) is 0.0944. The number of aromatic nitrogens is 6. The molecule has 4 aromatic rings. The van der Waals surface area contributed by atoms with Gasteiger partial charge in [0.2, 0.25) is 0 Å². The molecule has 28 heteroatoms. The maximum Gasteiger partial charge on any atom is 0.280 e. The molecule has 0 aliphatic carbocycles. The van der Waals surface area contributed by atoms with Gasteiger partial charge in [0, 0.05) is 0 Å². The van der Waals surface area contributed by atoms with Crippen LogP contribution in [0.2, 0.25) is 0 Å². The predicted molar refractivity (Wildman–Crippen MR) is 159 cm³/mol. The lowest BCUT2D eigenvalue weighted by molar-refractivity contribution is -0.250. The fraction of sp³-hybridized carbons (Fsp3) is 0.478. The molecule has 0 bridgehead atoms. The third-order valence-corrected chi connectivity index (χ3v) is 10.9. The third-order valence-electron chi connectivity index (χ3n) is 7.22. The van der Waals surface area contributed by atoms with Crippen molar-refractivity contribution in [3.05, 3.63) is 48.3 Å². The highest BCUT2D eigenvalue weighted by Gasteiger charge is 2.47. The van der Waals surface area contributed by atoms with Crippen molar-refractivity contribution in [3.63, 3.8) is 0 Å². The van der Waals surface area contributed by atoms with E-state index >= 15 is 0 Å². The van der Waals surface area contributed by atoms with E-state index in [-0.39, 0.29) is 24.8 Å². The summed E-state index contributed by atoms with van der Waals surface area (Å²) in [7, 11) is -17.8. The molecule has 0 aromatic carbocycles. The number of aliphatic hydroxyl groups excluding tert-OH is 3. The van der Waals surface area contributed by atoms with Gasteiger partial charge < -0.3 is 60.4 Å². The number of ether oxygens (including phenoxy) is 2. The number of nitrogen functional groups attached to an aromatic ring is 2. The zero-order chi connectivity index (χ0) is 36.8. The van der Waals surface area contributed by atoms with Gasteiger partial charge in [0.05, 0.1) is 24.6 Å². The van der Waals surface area contributed by atoms with Crippen LogP contribution in [0.15, 0.2) is 36.9 Å². The van der Waals surface area contributed by atoms with E-state index in [2.05, 4.69) is 33.3 Å². The highest BCUT2D eigenvalue weighted by atomic mass is 31.3. The van der Waals surface area contributed by atoms with E-state index in [0.717, 1.165) is 6.33 Å². The van der Waals surface area contributed by atoms with Crippen molar-refractivity contribution in [3.8, 4) is 0 Å². The molecule has 2 saturated heterocycles. The largest absolute Gasteiger partial charge is 0.756 e. The van der Waals surface area contributed by atoms with E-state index in [1.54, 1.807) is 12.1 Å². The Morgan fingerprint density at radius 3 is 1.69 bits per heavy atom. The molecule has 0 saturated carbocycles. The highest BCUT2D eigenvalue weighted by Crippen LogP contribution is 2.61. The summed E-state index contributed by atoms with van der Waals surface area (Å²) in [5.74, 6) is 0.350. The van der Waals surface area contributed by atoms with Crippen LogP contribution in [0.25, 0.3) is 11.0 Å². The van der Waals surface area contributed by atoms with Crippen molar-refractivity contribution in [2.24, 2.45) is 0 Å². The van der Waals surface area contributed by atoms with Crippen LogP contribution in [0.4, 0.5) is 20.4 Å². The fourth-order valence-electron chi connectivity index (χ4n) is 5.04. The summed E-state index contributed by atoms with van der Waals surface area (Å²) in [6.45, 7) is -1.56. The first-order valence-corrected chi connectivity index (χ1v) is 18.2. The molecule has 51 heavy (non-hydrogen) atoms. The normalized spacial score (nSPS) is 29.8. The molecule has 6 rings (SSSR count). The first-order chi connectivity index (χ1) is 23.3. The minimum Gasteiger partial charge on any atom is -0.756 e. The maximum atomic E-state index is 14.6. The lowest BCUT2D eigenvalue weighted by Crippen LogP contribution is -2.31. The summed E-state index contributed by atoms with van der Waals surface area (Å²) in [5.41, 5.74) is 12.7. The van der Waals surface area contributed by atoms with Crippen molar-refractivity contribution in [1.29, 1.82) is 0 Å². The average molecular weight is 789 g/mol. The Morgan fingerprint density at radius 1 is 0.804 bits per heavy atom. The van der Waals surface area contributed by atoms with Crippen molar-refractivity contribution in [2.75, 3.05) is 24.7 Å². The molecule has 0 amide bonds. The molecule has 4 aromatic heterocycles. The fourth-order valence-corrected chi connectivity index (χ4v) is 7.94. The van der Waals surface area contributed by atoms with E-state index in [4.69, 9.17) is 30.9 Å². The summed E-state index contributed by atoms with van der Waals surface area (Å²) >= 11 is 0. The molecular formula is C23H30F2N8O15P3-3. The Bertz CT molecular complexity index is 1990. The van der Waals surface area contributed by atoms with Crippen LogP contribution in [0.1, 0.15) is 31.0 Å². The molecule has 3 unspecified atom stereocenters. The van der Waals surface area contributed by atoms with Crippen molar-refractivity contribution in [1.82, 2.24) is 29.2 Å². The van der Waals surface area contributed by atoms with Crippen molar-refractivity contribution >= 4 is 46.1 Å². The van der Waals surface area contributed by atoms with E-state index < -0.39 is 85.6 Å². The van der Waals surface area contributed by atoms with E-state index in [1.165, 1.54) is 27.5 Å². The number of hydrogen-bond acceptors (Lipinski definition) is 20.